The molecule has 0 radical (unpaired) electrons. The summed E-state index contributed by atoms with van der Waals surface area (Å²) in [7, 11) is 0.125. The van der Waals surface area contributed by atoms with Crippen molar-refractivity contribution >= 4 is 7.05 Å². The standard InChI is InChI=1S/C20H26BNO2/c1-2-3-14-21-22-20(18-12-8-5-9-13-18)19(24-21)16-23-15-17-10-6-4-7-11-17/h4-13,19-20,22H,2-3,14-16H2,1H3/t19-,20+/m0/s1. The highest BCUT2D eigenvalue weighted by Gasteiger charge is 2.37. The third-order valence-electron chi connectivity index (χ3n) is 4.45. The van der Waals surface area contributed by atoms with Crippen LogP contribution in [0, 0.1) is 0 Å². The summed E-state index contributed by atoms with van der Waals surface area (Å²) in [6, 6.07) is 21.0. The summed E-state index contributed by atoms with van der Waals surface area (Å²) in [6.45, 7) is 3.44. The van der Waals surface area contributed by atoms with Crippen LogP contribution < -0.4 is 5.23 Å². The molecule has 1 N–H and O–H groups in total. The second-order valence-corrected chi connectivity index (χ2v) is 6.36. The lowest BCUT2D eigenvalue weighted by Crippen LogP contribution is -2.30. The van der Waals surface area contributed by atoms with Gasteiger partial charge in [-0.15, -0.1) is 0 Å². The van der Waals surface area contributed by atoms with E-state index in [9.17, 15) is 0 Å². The van der Waals surface area contributed by atoms with Crippen molar-refractivity contribution < 1.29 is 9.39 Å². The summed E-state index contributed by atoms with van der Waals surface area (Å²) in [5, 5.41) is 3.64. The lowest BCUT2D eigenvalue weighted by atomic mass is 9.77. The molecule has 126 valence electrons. The number of rotatable bonds is 8. The van der Waals surface area contributed by atoms with E-state index >= 15 is 0 Å². The third-order valence-corrected chi connectivity index (χ3v) is 4.45. The molecule has 2 aromatic carbocycles. The zero-order valence-electron chi connectivity index (χ0n) is 14.4. The quantitative estimate of drug-likeness (QED) is 0.738. The molecule has 0 aromatic heterocycles. The summed E-state index contributed by atoms with van der Waals surface area (Å²) < 4.78 is 12.2. The van der Waals surface area contributed by atoms with Crippen LogP contribution >= 0.6 is 0 Å². The van der Waals surface area contributed by atoms with Crippen LogP contribution in [0.25, 0.3) is 0 Å². The van der Waals surface area contributed by atoms with Crippen molar-refractivity contribution in [2.24, 2.45) is 0 Å². The van der Waals surface area contributed by atoms with Crippen LogP contribution in [0.2, 0.25) is 6.32 Å². The predicted octanol–water partition coefficient (Wildman–Crippen LogP) is 4.22. The average molecular weight is 323 g/mol. The fourth-order valence-electron chi connectivity index (χ4n) is 3.15. The van der Waals surface area contributed by atoms with Gasteiger partial charge in [0.25, 0.3) is 0 Å². The molecular weight excluding hydrogens is 297 g/mol. The number of ether oxygens (including phenoxy) is 1. The first-order valence-corrected chi connectivity index (χ1v) is 8.95. The molecular formula is C20H26BNO2. The minimum atomic E-state index is 0.0537. The molecule has 24 heavy (non-hydrogen) atoms. The summed E-state index contributed by atoms with van der Waals surface area (Å²) >= 11 is 0. The van der Waals surface area contributed by atoms with Crippen LogP contribution in [0.3, 0.4) is 0 Å². The monoisotopic (exact) mass is 323 g/mol. The molecule has 0 aliphatic carbocycles. The molecule has 3 rings (SSSR count). The number of benzene rings is 2. The van der Waals surface area contributed by atoms with Crippen LogP contribution in [0.1, 0.15) is 36.9 Å². The maximum atomic E-state index is 6.23. The van der Waals surface area contributed by atoms with Crippen molar-refractivity contribution in [3.63, 3.8) is 0 Å². The Balaban J connectivity index is 1.59. The van der Waals surface area contributed by atoms with Gasteiger partial charge in [-0.2, -0.15) is 0 Å². The zero-order valence-corrected chi connectivity index (χ0v) is 14.4. The molecule has 1 aliphatic rings. The number of unbranched alkanes of at least 4 members (excludes halogenated alkanes) is 1. The van der Waals surface area contributed by atoms with Crippen LogP contribution in [-0.2, 0) is 16.0 Å². The normalized spacial score (nSPS) is 20.5. The van der Waals surface area contributed by atoms with Gasteiger partial charge in [-0.25, -0.2) is 0 Å². The highest BCUT2D eigenvalue weighted by Crippen LogP contribution is 2.27. The molecule has 0 bridgehead atoms. The van der Waals surface area contributed by atoms with Gasteiger partial charge < -0.3 is 14.6 Å². The van der Waals surface area contributed by atoms with Gasteiger partial charge in [-0.1, -0.05) is 80.4 Å². The molecule has 1 aliphatic heterocycles. The fraction of sp³-hybridized carbons (Fsp3) is 0.400. The molecule has 2 atom stereocenters. The first-order valence-electron chi connectivity index (χ1n) is 8.95. The Morgan fingerprint density at radius 2 is 1.75 bits per heavy atom. The Labute approximate surface area is 145 Å². The number of hydrogen-bond donors (Lipinski definition) is 1. The van der Waals surface area contributed by atoms with E-state index in [2.05, 4.69) is 54.6 Å². The molecule has 1 heterocycles. The number of hydrogen-bond acceptors (Lipinski definition) is 3. The van der Waals surface area contributed by atoms with Crippen molar-refractivity contribution in [1.82, 2.24) is 5.23 Å². The minimum absolute atomic E-state index is 0.0537. The van der Waals surface area contributed by atoms with E-state index in [0.717, 1.165) is 6.32 Å². The van der Waals surface area contributed by atoms with Crippen LogP contribution in [0.5, 0.6) is 0 Å². The van der Waals surface area contributed by atoms with Crippen molar-refractivity contribution in [2.45, 2.75) is 44.8 Å². The second kappa shape index (κ2) is 9.02. The highest BCUT2D eigenvalue weighted by molar-refractivity contribution is 6.49. The Kier molecular flexibility index (Phi) is 6.47. The molecule has 1 fully saturated rings. The Bertz CT molecular complexity index is 593. The van der Waals surface area contributed by atoms with Crippen molar-refractivity contribution in [3.05, 3.63) is 71.8 Å². The Morgan fingerprint density at radius 1 is 1.04 bits per heavy atom. The van der Waals surface area contributed by atoms with Crippen LogP contribution in [0.15, 0.2) is 60.7 Å². The Hall–Kier alpha value is -1.62. The third kappa shape index (κ3) is 4.70. The lowest BCUT2D eigenvalue weighted by molar-refractivity contribution is 0.0406. The van der Waals surface area contributed by atoms with Gasteiger partial charge in [0.15, 0.2) is 0 Å². The van der Waals surface area contributed by atoms with Gasteiger partial charge in [-0.3, -0.25) is 0 Å². The van der Waals surface area contributed by atoms with Crippen LogP contribution in [-0.4, -0.2) is 19.8 Å². The van der Waals surface area contributed by atoms with Crippen LogP contribution in [0.4, 0.5) is 0 Å². The molecule has 4 heteroatoms. The van der Waals surface area contributed by atoms with Gasteiger partial charge in [0.05, 0.1) is 25.4 Å². The number of nitrogens with one attached hydrogen (secondary N) is 1. The van der Waals surface area contributed by atoms with E-state index in [1.165, 1.54) is 24.0 Å². The average Bonchev–Trinajstić information content (AvgIpc) is 3.05. The van der Waals surface area contributed by atoms with E-state index in [4.69, 9.17) is 9.39 Å². The summed E-state index contributed by atoms with van der Waals surface area (Å²) in [5.41, 5.74) is 2.46. The van der Waals surface area contributed by atoms with Crippen molar-refractivity contribution in [2.75, 3.05) is 6.61 Å². The first kappa shape index (κ1) is 17.2. The zero-order chi connectivity index (χ0) is 16.6. The first-order chi connectivity index (χ1) is 11.9. The lowest BCUT2D eigenvalue weighted by Gasteiger charge is -2.19. The maximum absolute atomic E-state index is 6.23. The molecule has 0 amide bonds. The van der Waals surface area contributed by atoms with Gasteiger partial charge in [0, 0.05) is 0 Å². The predicted molar refractivity (Wildman–Crippen MR) is 98.8 cm³/mol. The maximum Gasteiger partial charge on any atom is 0.380 e. The van der Waals surface area contributed by atoms with Crippen molar-refractivity contribution in [3.8, 4) is 0 Å². The summed E-state index contributed by atoms with van der Waals surface area (Å²) in [4.78, 5) is 0. The summed E-state index contributed by atoms with van der Waals surface area (Å²) in [5.74, 6) is 0. The molecule has 0 unspecified atom stereocenters. The largest absolute Gasteiger partial charge is 0.414 e. The minimum Gasteiger partial charge on any atom is -0.414 e. The highest BCUT2D eigenvalue weighted by atomic mass is 16.5. The van der Waals surface area contributed by atoms with E-state index in [1.807, 2.05) is 18.2 Å². The molecule has 3 nitrogen and oxygen atoms in total. The molecule has 2 aromatic rings. The smallest absolute Gasteiger partial charge is 0.380 e. The Morgan fingerprint density at radius 3 is 2.46 bits per heavy atom. The van der Waals surface area contributed by atoms with Crippen molar-refractivity contribution in [1.29, 1.82) is 0 Å². The van der Waals surface area contributed by atoms with E-state index in [1.54, 1.807) is 0 Å². The fourth-order valence-corrected chi connectivity index (χ4v) is 3.15. The molecule has 1 saturated heterocycles. The molecule has 0 spiro atoms. The van der Waals surface area contributed by atoms with E-state index in [-0.39, 0.29) is 19.2 Å². The van der Waals surface area contributed by atoms with Gasteiger partial charge >= 0.3 is 7.05 Å². The van der Waals surface area contributed by atoms with E-state index in [0.29, 0.717) is 13.2 Å². The second-order valence-electron chi connectivity index (χ2n) is 6.36. The van der Waals surface area contributed by atoms with Gasteiger partial charge in [0.2, 0.25) is 0 Å². The summed E-state index contributed by atoms with van der Waals surface area (Å²) in [6.07, 6.45) is 3.47. The van der Waals surface area contributed by atoms with E-state index < -0.39 is 0 Å². The molecule has 0 saturated carbocycles. The van der Waals surface area contributed by atoms with Gasteiger partial charge in [0.1, 0.15) is 0 Å². The topological polar surface area (TPSA) is 30.5 Å². The van der Waals surface area contributed by atoms with Gasteiger partial charge in [-0.05, 0) is 17.4 Å². The SMILES string of the molecule is CCCCB1N[C@H](c2ccccc2)[C@H](COCc2ccccc2)O1.